The number of nitrogens with one attached hydrogen (secondary N) is 1. The minimum absolute atomic E-state index is 0.129. The molecule has 1 N–H and O–H groups in total. The highest BCUT2D eigenvalue weighted by molar-refractivity contribution is 6.31. The van der Waals surface area contributed by atoms with Gasteiger partial charge in [0.05, 0.1) is 11.4 Å². The molecule has 3 rings (SSSR count). The van der Waals surface area contributed by atoms with Crippen molar-refractivity contribution in [1.82, 2.24) is 9.78 Å². The maximum absolute atomic E-state index is 12.6. The second kappa shape index (κ2) is 6.73. The first-order valence-corrected chi connectivity index (χ1v) is 8.45. The first-order chi connectivity index (χ1) is 11.8. The van der Waals surface area contributed by atoms with Crippen LogP contribution in [0.3, 0.4) is 0 Å². The molecule has 0 aliphatic carbocycles. The average Bonchev–Trinajstić information content (AvgIpc) is 3.00. The molecule has 1 amide bonds. The van der Waals surface area contributed by atoms with Crippen LogP contribution >= 0.6 is 11.6 Å². The van der Waals surface area contributed by atoms with Gasteiger partial charge in [-0.25, -0.2) is 4.68 Å². The van der Waals surface area contributed by atoms with Gasteiger partial charge in [0.15, 0.2) is 0 Å². The van der Waals surface area contributed by atoms with E-state index < -0.39 is 0 Å². The van der Waals surface area contributed by atoms with Crippen LogP contribution in [-0.2, 0) is 5.41 Å². The van der Waals surface area contributed by atoms with Gasteiger partial charge in [0, 0.05) is 22.1 Å². The Bertz CT molecular complexity index is 895. The Kier molecular flexibility index (Phi) is 4.64. The number of anilines is 1. The number of amides is 1. The van der Waals surface area contributed by atoms with Crippen LogP contribution in [0, 0.1) is 0 Å². The van der Waals surface area contributed by atoms with Gasteiger partial charge in [-0.3, -0.25) is 4.79 Å². The van der Waals surface area contributed by atoms with Crippen molar-refractivity contribution >= 4 is 23.3 Å². The van der Waals surface area contributed by atoms with Crippen LogP contribution in [0.1, 0.15) is 36.8 Å². The standard InChI is InChI=1S/C20H20ClN3O/c1-20(2,3)17-13-18(24(23-17)16-10-5-4-6-11-16)22-19(25)14-8-7-9-15(21)12-14/h4-13H,1-3H3,(H,22,25). The number of halogens is 1. The maximum Gasteiger partial charge on any atom is 0.256 e. The van der Waals surface area contributed by atoms with Crippen molar-refractivity contribution in [2.45, 2.75) is 26.2 Å². The van der Waals surface area contributed by atoms with E-state index in [9.17, 15) is 4.79 Å². The number of nitrogens with zero attached hydrogens (tertiary/aromatic N) is 2. The van der Waals surface area contributed by atoms with Gasteiger partial charge in [-0.2, -0.15) is 5.10 Å². The highest BCUT2D eigenvalue weighted by Gasteiger charge is 2.21. The number of hydrogen-bond acceptors (Lipinski definition) is 2. The quantitative estimate of drug-likeness (QED) is 0.714. The fraction of sp³-hybridized carbons (Fsp3) is 0.200. The van der Waals surface area contributed by atoms with Crippen molar-refractivity contribution in [2.75, 3.05) is 5.32 Å². The lowest BCUT2D eigenvalue weighted by atomic mass is 9.92. The molecule has 0 aliphatic heterocycles. The molecule has 0 spiro atoms. The van der Waals surface area contributed by atoms with Crippen LogP contribution in [0.4, 0.5) is 5.82 Å². The monoisotopic (exact) mass is 353 g/mol. The van der Waals surface area contributed by atoms with Crippen molar-refractivity contribution in [2.24, 2.45) is 0 Å². The topological polar surface area (TPSA) is 46.9 Å². The zero-order valence-electron chi connectivity index (χ0n) is 14.5. The van der Waals surface area contributed by atoms with Crippen molar-refractivity contribution in [1.29, 1.82) is 0 Å². The molecule has 25 heavy (non-hydrogen) atoms. The summed E-state index contributed by atoms with van der Waals surface area (Å²) < 4.78 is 1.75. The maximum atomic E-state index is 12.6. The van der Waals surface area contributed by atoms with E-state index in [0.29, 0.717) is 16.4 Å². The van der Waals surface area contributed by atoms with Gasteiger partial charge in [-0.15, -0.1) is 0 Å². The molecule has 2 aromatic carbocycles. The molecule has 0 saturated heterocycles. The summed E-state index contributed by atoms with van der Waals surface area (Å²) in [5.41, 5.74) is 2.16. The lowest BCUT2D eigenvalue weighted by Gasteiger charge is -2.14. The van der Waals surface area contributed by atoms with Gasteiger partial charge >= 0.3 is 0 Å². The van der Waals surface area contributed by atoms with E-state index in [1.165, 1.54) is 0 Å². The van der Waals surface area contributed by atoms with Gasteiger partial charge in [0.25, 0.3) is 5.91 Å². The van der Waals surface area contributed by atoms with E-state index >= 15 is 0 Å². The Morgan fingerprint density at radius 3 is 2.40 bits per heavy atom. The van der Waals surface area contributed by atoms with Crippen LogP contribution in [0.2, 0.25) is 5.02 Å². The van der Waals surface area contributed by atoms with Crippen LogP contribution < -0.4 is 5.32 Å². The molecule has 1 heterocycles. The van der Waals surface area contributed by atoms with Crippen LogP contribution in [-0.4, -0.2) is 15.7 Å². The van der Waals surface area contributed by atoms with Gasteiger partial charge in [0.1, 0.15) is 5.82 Å². The van der Waals surface area contributed by atoms with Crippen molar-refractivity contribution < 1.29 is 4.79 Å². The van der Waals surface area contributed by atoms with Gasteiger partial charge in [0.2, 0.25) is 0 Å². The Morgan fingerprint density at radius 1 is 1.04 bits per heavy atom. The molecule has 0 radical (unpaired) electrons. The molecule has 0 atom stereocenters. The smallest absolute Gasteiger partial charge is 0.256 e. The van der Waals surface area contributed by atoms with Crippen molar-refractivity contribution in [3.05, 3.63) is 76.9 Å². The molecule has 1 aromatic heterocycles. The van der Waals surface area contributed by atoms with Crippen LogP contribution in [0.15, 0.2) is 60.7 Å². The van der Waals surface area contributed by atoms with E-state index in [0.717, 1.165) is 11.4 Å². The summed E-state index contributed by atoms with van der Waals surface area (Å²) >= 11 is 5.99. The number of carbonyl (C=O) groups is 1. The fourth-order valence-electron chi connectivity index (χ4n) is 2.42. The Morgan fingerprint density at radius 2 is 1.76 bits per heavy atom. The Labute approximate surface area is 152 Å². The molecule has 0 saturated carbocycles. The number of rotatable bonds is 3. The molecular formula is C20H20ClN3O. The molecule has 3 aromatic rings. The van der Waals surface area contributed by atoms with E-state index in [2.05, 4.69) is 26.1 Å². The van der Waals surface area contributed by atoms with Gasteiger partial charge in [-0.1, -0.05) is 56.6 Å². The van der Waals surface area contributed by atoms with Gasteiger partial charge < -0.3 is 5.32 Å². The summed E-state index contributed by atoms with van der Waals surface area (Å²) in [6.45, 7) is 6.27. The number of benzene rings is 2. The van der Waals surface area contributed by atoms with E-state index in [4.69, 9.17) is 16.7 Å². The third-order valence-corrected chi connectivity index (χ3v) is 4.04. The van der Waals surface area contributed by atoms with E-state index in [1.807, 2.05) is 36.4 Å². The molecule has 0 aliphatic rings. The normalized spacial score (nSPS) is 11.4. The Hall–Kier alpha value is -2.59. The number of para-hydroxylation sites is 1. The Balaban J connectivity index is 2.00. The lowest BCUT2D eigenvalue weighted by molar-refractivity contribution is 0.102. The predicted molar refractivity (Wildman–Crippen MR) is 102 cm³/mol. The summed E-state index contributed by atoms with van der Waals surface area (Å²) in [5, 5.41) is 8.17. The lowest BCUT2D eigenvalue weighted by Crippen LogP contribution is -2.15. The summed E-state index contributed by atoms with van der Waals surface area (Å²) in [4.78, 5) is 12.6. The molecular weight excluding hydrogens is 334 g/mol. The molecule has 4 nitrogen and oxygen atoms in total. The summed E-state index contributed by atoms with van der Waals surface area (Å²) in [6, 6.07) is 18.5. The first-order valence-electron chi connectivity index (χ1n) is 8.07. The zero-order chi connectivity index (χ0) is 18.0. The van der Waals surface area contributed by atoms with Crippen molar-refractivity contribution in [3.8, 4) is 5.69 Å². The van der Waals surface area contributed by atoms with Crippen molar-refractivity contribution in [3.63, 3.8) is 0 Å². The first kappa shape index (κ1) is 17.2. The van der Waals surface area contributed by atoms with Crippen LogP contribution in [0.25, 0.3) is 5.69 Å². The minimum atomic E-state index is -0.222. The summed E-state index contributed by atoms with van der Waals surface area (Å²) in [7, 11) is 0. The number of hydrogen-bond donors (Lipinski definition) is 1. The average molecular weight is 354 g/mol. The van der Waals surface area contributed by atoms with E-state index in [1.54, 1.807) is 28.9 Å². The highest BCUT2D eigenvalue weighted by Crippen LogP contribution is 2.26. The number of aromatic nitrogens is 2. The predicted octanol–water partition coefficient (Wildman–Crippen LogP) is 5.08. The molecule has 0 fully saturated rings. The second-order valence-corrected chi connectivity index (χ2v) is 7.31. The highest BCUT2D eigenvalue weighted by atomic mass is 35.5. The van der Waals surface area contributed by atoms with E-state index in [-0.39, 0.29) is 11.3 Å². The molecule has 5 heteroatoms. The minimum Gasteiger partial charge on any atom is -0.306 e. The fourth-order valence-corrected chi connectivity index (χ4v) is 2.61. The largest absolute Gasteiger partial charge is 0.306 e. The summed E-state index contributed by atoms with van der Waals surface area (Å²) in [6.07, 6.45) is 0. The third kappa shape index (κ3) is 3.91. The third-order valence-electron chi connectivity index (χ3n) is 3.81. The molecule has 0 bridgehead atoms. The SMILES string of the molecule is CC(C)(C)c1cc(NC(=O)c2cccc(Cl)c2)n(-c2ccccc2)n1. The molecule has 0 unspecified atom stereocenters. The molecule has 128 valence electrons. The summed E-state index contributed by atoms with van der Waals surface area (Å²) in [5.74, 6) is 0.404. The van der Waals surface area contributed by atoms with Gasteiger partial charge in [-0.05, 0) is 30.3 Å². The number of carbonyl (C=O) groups excluding carboxylic acids is 1. The second-order valence-electron chi connectivity index (χ2n) is 6.88. The van der Waals surface area contributed by atoms with Crippen LogP contribution in [0.5, 0.6) is 0 Å². The zero-order valence-corrected chi connectivity index (χ0v) is 15.2.